The number of rotatable bonds is 2. The Balaban J connectivity index is 2.20. The van der Waals surface area contributed by atoms with E-state index in [1.165, 1.54) is 15.6 Å². The summed E-state index contributed by atoms with van der Waals surface area (Å²) >= 11 is 3.49. The smallest absolute Gasteiger partial charge is 0.0244 e. The Morgan fingerprint density at radius 3 is 2.92 bits per heavy atom. The molecule has 1 nitrogen and oxygen atoms in total. The van der Waals surface area contributed by atoms with Gasteiger partial charge in [-0.15, -0.1) is 6.58 Å². The van der Waals surface area contributed by atoms with Crippen LogP contribution in [-0.4, -0.2) is 11.4 Å². The van der Waals surface area contributed by atoms with Gasteiger partial charge in [0, 0.05) is 24.1 Å². The fourth-order valence-corrected chi connectivity index (χ4v) is 2.15. The van der Waals surface area contributed by atoms with Gasteiger partial charge in [0.15, 0.2) is 0 Å². The van der Waals surface area contributed by atoms with E-state index < -0.39 is 0 Å². The van der Waals surface area contributed by atoms with Gasteiger partial charge in [0.05, 0.1) is 0 Å². The van der Waals surface area contributed by atoms with Crippen molar-refractivity contribution in [2.75, 3.05) is 6.54 Å². The van der Waals surface area contributed by atoms with Crippen LogP contribution < -0.4 is 0 Å². The largest absolute Gasteiger partial charge is 0.291 e. The van der Waals surface area contributed by atoms with E-state index in [1.54, 1.807) is 0 Å². The number of nitrogens with zero attached hydrogens (tertiary/aromatic N) is 1. The van der Waals surface area contributed by atoms with Crippen LogP contribution in [0.25, 0.3) is 0 Å². The predicted molar refractivity (Wildman–Crippen MR) is 58.5 cm³/mol. The van der Waals surface area contributed by atoms with Crippen LogP contribution in [0.5, 0.6) is 0 Å². The fourth-order valence-electron chi connectivity index (χ4n) is 1.75. The summed E-state index contributed by atoms with van der Waals surface area (Å²) in [5, 5.41) is 0. The molecular weight excluding hydrogens is 226 g/mol. The lowest BCUT2D eigenvalue weighted by atomic mass is 10.1. The molecule has 0 spiro atoms. The summed E-state index contributed by atoms with van der Waals surface area (Å²) in [4.78, 5) is 2.38. The quantitative estimate of drug-likeness (QED) is 0.716. The Kier molecular flexibility index (Phi) is 2.51. The summed E-state index contributed by atoms with van der Waals surface area (Å²) in [6, 6.07) is 6.51. The maximum Gasteiger partial charge on any atom is 0.0244 e. The first-order chi connectivity index (χ1) is 6.29. The third kappa shape index (κ3) is 1.84. The van der Waals surface area contributed by atoms with E-state index in [2.05, 4.69) is 45.6 Å². The zero-order chi connectivity index (χ0) is 9.26. The third-order valence-electron chi connectivity index (χ3n) is 2.34. The zero-order valence-electron chi connectivity index (χ0n) is 7.46. The lowest BCUT2D eigenvalue weighted by molar-refractivity contribution is 0.317. The maximum atomic E-state index is 3.75. The van der Waals surface area contributed by atoms with Crippen LogP contribution in [0.1, 0.15) is 11.1 Å². The van der Waals surface area contributed by atoms with Crippen LogP contribution >= 0.6 is 15.9 Å². The SMILES string of the molecule is C=CCN1Cc2ccc(Br)cc2C1. The summed E-state index contributed by atoms with van der Waals surface area (Å²) in [6.07, 6.45) is 1.96. The van der Waals surface area contributed by atoms with Gasteiger partial charge < -0.3 is 0 Å². The first-order valence-electron chi connectivity index (χ1n) is 4.40. The highest BCUT2D eigenvalue weighted by molar-refractivity contribution is 9.10. The minimum Gasteiger partial charge on any atom is -0.291 e. The standard InChI is InChI=1S/C11H12BrN/c1-2-5-13-7-9-3-4-11(12)6-10(9)8-13/h2-4,6H,1,5,7-8H2. The van der Waals surface area contributed by atoms with Crippen molar-refractivity contribution in [1.29, 1.82) is 0 Å². The molecule has 0 N–H and O–H groups in total. The van der Waals surface area contributed by atoms with Gasteiger partial charge in [-0.05, 0) is 23.3 Å². The molecule has 0 unspecified atom stereocenters. The molecule has 0 amide bonds. The molecule has 0 saturated carbocycles. The first kappa shape index (κ1) is 8.97. The van der Waals surface area contributed by atoms with Gasteiger partial charge in [0.25, 0.3) is 0 Å². The summed E-state index contributed by atoms with van der Waals surface area (Å²) in [7, 11) is 0. The van der Waals surface area contributed by atoms with E-state index >= 15 is 0 Å². The predicted octanol–water partition coefficient (Wildman–Crippen LogP) is 2.95. The summed E-state index contributed by atoms with van der Waals surface area (Å²) in [6.45, 7) is 6.85. The highest BCUT2D eigenvalue weighted by atomic mass is 79.9. The molecule has 0 aliphatic carbocycles. The molecule has 1 aliphatic rings. The minimum absolute atomic E-state index is 0.978. The second kappa shape index (κ2) is 3.64. The van der Waals surface area contributed by atoms with Gasteiger partial charge in [-0.3, -0.25) is 4.90 Å². The van der Waals surface area contributed by atoms with Gasteiger partial charge in [0.1, 0.15) is 0 Å². The van der Waals surface area contributed by atoms with Crippen molar-refractivity contribution in [3.05, 3.63) is 46.5 Å². The molecule has 2 rings (SSSR count). The maximum absolute atomic E-state index is 3.75. The highest BCUT2D eigenvalue weighted by Gasteiger charge is 2.16. The van der Waals surface area contributed by atoms with E-state index in [9.17, 15) is 0 Å². The summed E-state index contributed by atoms with van der Waals surface area (Å²) < 4.78 is 1.17. The van der Waals surface area contributed by atoms with Gasteiger partial charge >= 0.3 is 0 Å². The van der Waals surface area contributed by atoms with Crippen LogP contribution in [-0.2, 0) is 13.1 Å². The monoisotopic (exact) mass is 237 g/mol. The molecule has 0 fully saturated rings. The Labute approximate surface area is 87.2 Å². The fraction of sp³-hybridized carbons (Fsp3) is 0.273. The van der Waals surface area contributed by atoms with Gasteiger partial charge in [-0.2, -0.15) is 0 Å². The average Bonchev–Trinajstić information content (AvgIpc) is 2.46. The van der Waals surface area contributed by atoms with E-state index in [0.717, 1.165) is 19.6 Å². The lowest BCUT2D eigenvalue weighted by Crippen LogP contribution is -2.15. The van der Waals surface area contributed by atoms with Crippen LogP contribution in [0, 0.1) is 0 Å². The minimum atomic E-state index is 0.978. The van der Waals surface area contributed by atoms with Crippen molar-refractivity contribution in [1.82, 2.24) is 4.90 Å². The molecule has 0 aromatic heterocycles. The molecule has 1 heterocycles. The van der Waals surface area contributed by atoms with Gasteiger partial charge in [-0.25, -0.2) is 0 Å². The lowest BCUT2D eigenvalue weighted by Gasteiger charge is -2.10. The number of halogens is 1. The van der Waals surface area contributed by atoms with E-state index in [-0.39, 0.29) is 0 Å². The molecule has 68 valence electrons. The molecule has 0 bridgehead atoms. The summed E-state index contributed by atoms with van der Waals surface area (Å²) in [5.74, 6) is 0. The first-order valence-corrected chi connectivity index (χ1v) is 5.19. The van der Waals surface area contributed by atoms with Crippen LogP contribution in [0.15, 0.2) is 35.3 Å². The third-order valence-corrected chi connectivity index (χ3v) is 2.84. The molecular formula is C11H12BrN. The molecule has 1 aromatic rings. The van der Waals surface area contributed by atoms with Gasteiger partial charge in [-0.1, -0.05) is 28.1 Å². The van der Waals surface area contributed by atoms with Crippen molar-refractivity contribution >= 4 is 15.9 Å². The van der Waals surface area contributed by atoms with Crippen molar-refractivity contribution in [2.45, 2.75) is 13.1 Å². The second-order valence-electron chi connectivity index (χ2n) is 3.37. The average molecular weight is 238 g/mol. The van der Waals surface area contributed by atoms with Crippen LogP contribution in [0.4, 0.5) is 0 Å². The van der Waals surface area contributed by atoms with Crippen molar-refractivity contribution < 1.29 is 0 Å². The molecule has 0 saturated heterocycles. The van der Waals surface area contributed by atoms with Crippen molar-refractivity contribution in [2.24, 2.45) is 0 Å². The Morgan fingerprint density at radius 2 is 2.15 bits per heavy atom. The highest BCUT2D eigenvalue weighted by Crippen LogP contribution is 2.25. The number of benzene rings is 1. The zero-order valence-corrected chi connectivity index (χ0v) is 9.05. The van der Waals surface area contributed by atoms with Gasteiger partial charge in [0.2, 0.25) is 0 Å². The van der Waals surface area contributed by atoms with Crippen molar-refractivity contribution in [3.8, 4) is 0 Å². The van der Waals surface area contributed by atoms with Crippen LogP contribution in [0.3, 0.4) is 0 Å². The molecule has 2 heteroatoms. The Hall–Kier alpha value is -0.600. The van der Waals surface area contributed by atoms with E-state index in [1.807, 2.05) is 6.08 Å². The molecule has 13 heavy (non-hydrogen) atoms. The van der Waals surface area contributed by atoms with E-state index in [4.69, 9.17) is 0 Å². The summed E-state index contributed by atoms with van der Waals surface area (Å²) in [5.41, 5.74) is 2.89. The molecule has 1 aliphatic heterocycles. The topological polar surface area (TPSA) is 3.24 Å². The van der Waals surface area contributed by atoms with Crippen LogP contribution in [0.2, 0.25) is 0 Å². The molecule has 1 aromatic carbocycles. The Morgan fingerprint density at radius 1 is 1.38 bits per heavy atom. The number of hydrogen-bond donors (Lipinski definition) is 0. The van der Waals surface area contributed by atoms with Crippen molar-refractivity contribution in [3.63, 3.8) is 0 Å². The normalized spacial score (nSPS) is 15.8. The number of hydrogen-bond acceptors (Lipinski definition) is 1. The molecule has 0 radical (unpaired) electrons. The molecule has 0 atom stereocenters. The number of fused-ring (bicyclic) bond motifs is 1. The second-order valence-corrected chi connectivity index (χ2v) is 4.29. The van der Waals surface area contributed by atoms with E-state index in [0.29, 0.717) is 0 Å². The Bertz CT molecular complexity index is 333.